The van der Waals surface area contributed by atoms with E-state index < -0.39 is 17.8 Å². The molecule has 0 atom stereocenters. The lowest BCUT2D eigenvalue weighted by atomic mass is 10.0. The van der Waals surface area contributed by atoms with Crippen LogP contribution in [0.3, 0.4) is 0 Å². The van der Waals surface area contributed by atoms with Crippen molar-refractivity contribution in [3.8, 4) is 11.1 Å². The number of methoxy groups -OCH3 is 1. The Morgan fingerprint density at radius 1 is 0.962 bits per heavy atom. The molecule has 0 bridgehead atoms. The van der Waals surface area contributed by atoms with Gasteiger partial charge in [-0.15, -0.1) is 0 Å². The van der Waals surface area contributed by atoms with Gasteiger partial charge in [0.15, 0.2) is 0 Å². The Labute approximate surface area is 148 Å². The normalized spacial score (nSPS) is 10.9. The zero-order valence-electron chi connectivity index (χ0n) is 13.9. The summed E-state index contributed by atoms with van der Waals surface area (Å²) in [5.41, 5.74) is 0.614. The molecule has 0 heterocycles. The maximum atomic E-state index is 12.8. The molecule has 0 aliphatic rings. The molecule has 2 N–H and O–H groups in total. The summed E-state index contributed by atoms with van der Waals surface area (Å²) in [6.45, 7) is 0.421. The molecule has 0 unspecified atom stereocenters. The molecule has 0 aliphatic heterocycles. The number of carbonyl (C=O) groups excluding carboxylic acids is 2. The SMILES string of the molecule is COC(=O)NCCNC(=O)c1ccc(-c2cccc(C(F)(F)F)c2)cc1. The number of halogens is 3. The van der Waals surface area contributed by atoms with Gasteiger partial charge in [-0.25, -0.2) is 4.79 Å². The summed E-state index contributed by atoms with van der Waals surface area (Å²) in [5.74, 6) is -0.354. The van der Waals surface area contributed by atoms with Gasteiger partial charge in [-0.1, -0.05) is 24.3 Å². The predicted octanol–water partition coefficient (Wildman–Crippen LogP) is 3.46. The third-order valence-electron chi connectivity index (χ3n) is 3.54. The van der Waals surface area contributed by atoms with Crippen molar-refractivity contribution in [3.63, 3.8) is 0 Å². The zero-order chi connectivity index (χ0) is 19.2. The van der Waals surface area contributed by atoms with Crippen molar-refractivity contribution in [2.45, 2.75) is 6.18 Å². The first kappa shape index (κ1) is 19.3. The number of hydrogen-bond acceptors (Lipinski definition) is 3. The molecule has 2 amide bonds. The van der Waals surface area contributed by atoms with Gasteiger partial charge in [0.2, 0.25) is 0 Å². The zero-order valence-corrected chi connectivity index (χ0v) is 13.9. The van der Waals surface area contributed by atoms with Gasteiger partial charge < -0.3 is 15.4 Å². The number of ether oxygens (including phenoxy) is 1. The standard InChI is InChI=1S/C18H17F3N2O3/c1-26-17(25)23-10-9-22-16(24)13-7-5-12(6-8-13)14-3-2-4-15(11-14)18(19,20)21/h2-8,11H,9-10H2,1H3,(H,22,24)(H,23,25). The first-order valence-electron chi connectivity index (χ1n) is 7.69. The van der Waals surface area contributed by atoms with E-state index in [2.05, 4.69) is 15.4 Å². The Balaban J connectivity index is 2.00. The fourth-order valence-electron chi connectivity index (χ4n) is 2.20. The Morgan fingerprint density at radius 3 is 2.23 bits per heavy atom. The van der Waals surface area contributed by atoms with Crippen LogP contribution in [0.2, 0.25) is 0 Å². The van der Waals surface area contributed by atoms with Crippen molar-refractivity contribution in [3.05, 3.63) is 59.7 Å². The quantitative estimate of drug-likeness (QED) is 0.797. The first-order chi connectivity index (χ1) is 12.3. The number of alkyl halides is 3. The Kier molecular flexibility index (Phi) is 6.21. The number of hydrogen-bond donors (Lipinski definition) is 2. The van der Waals surface area contributed by atoms with Crippen LogP contribution >= 0.6 is 0 Å². The summed E-state index contributed by atoms with van der Waals surface area (Å²) in [7, 11) is 1.24. The molecule has 0 fully saturated rings. The fourth-order valence-corrected chi connectivity index (χ4v) is 2.20. The topological polar surface area (TPSA) is 67.4 Å². The van der Waals surface area contributed by atoms with Gasteiger partial charge in [0.25, 0.3) is 5.91 Å². The second-order valence-corrected chi connectivity index (χ2v) is 5.33. The van der Waals surface area contributed by atoms with Crippen LogP contribution in [0.4, 0.5) is 18.0 Å². The van der Waals surface area contributed by atoms with Gasteiger partial charge in [-0.2, -0.15) is 13.2 Å². The predicted molar refractivity (Wildman–Crippen MR) is 89.6 cm³/mol. The molecular weight excluding hydrogens is 349 g/mol. The Hall–Kier alpha value is -3.03. The average Bonchev–Trinajstić information content (AvgIpc) is 2.64. The van der Waals surface area contributed by atoms with E-state index >= 15 is 0 Å². The average molecular weight is 366 g/mol. The highest BCUT2D eigenvalue weighted by Gasteiger charge is 2.30. The lowest BCUT2D eigenvalue weighted by Gasteiger charge is -2.10. The van der Waals surface area contributed by atoms with Gasteiger partial charge in [0, 0.05) is 18.7 Å². The number of carbonyl (C=O) groups is 2. The summed E-state index contributed by atoms with van der Waals surface area (Å²) >= 11 is 0. The van der Waals surface area contributed by atoms with E-state index in [9.17, 15) is 22.8 Å². The molecule has 0 aromatic heterocycles. The van der Waals surface area contributed by atoms with Crippen molar-refractivity contribution in [1.29, 1.82) is 0 Å². The van der Waals surface area contributed by atoms with Gasteiger partial charge in [0.05, 0.1) is 12.7 Å². The van der Waals surface area contributed by atoms with Gasteiger partial charge in [-0.05, 0) is 35.4 Å². The molecule has 138 valence electrons. The van der Waals surface area contributed by atoms with Gasteiger partial charge in [0.1, 0.15) is 0 Å². The van der Waals surface area contributed by atoms with E-state index in [1.807, 2.05) is 0 Å². The van der Waals surface area contributed by atoms with Crippen LogP contribution < -0.4 is 10.6 Å². The third kappa shape index (κ3) is 5.23. The highest BCUT2D eigenvalue weighted by Crippen LogP contribution is 2.32. The summed E-state index contributed by atoms with van der Waals surface area (Å²) in [6, 6.07) is 11.2. The second kappa shape index (κ2) is 8.37. The highest BCUT2D eigenvalue weighted by atomic mass is 19.4. The number of nitrogens with one attached hydrogen (secondary N) is 2. The Morgan fingerprint density at radius 2 is 1.62 bits per heavy atom. The summed E-state index contributed by atoms with van der Waals surface area (Å²) in [6.07, 6.45) is -5.00. The lowest BCUT2D eigenvalue weighted by Crippen LogP contribution is -2.34. The van der Waals surface area contributed by atoms with Crippen LogP contribution in [0.5, 0.6) is 0 Å². The van der Waals surface area contributed by atoms with Crippen LogP contribution in [-0.2, 0) is 10.9 Å². The first-order valence-corrected chi connectivity index (χ1v) is 7.69. The molecule has 0 spiro atoms. The number of benzene rings is 2. The fraction of sp³-hybridized carbons (Fsp3) is 0.222. The van der Waals surface area contributed by atoms with E-state index in [1.54, 1.807) is 18.2 Å². The highest BCUT2D eigenvalue weighted by molar-refractivity contribution is 5.94. The van der Waals surface area contributed by atoms with E-state index in [-0.39, 0.29) is 19.0 Å². The summed E-state index contributed by atoms with van der Waals surface area (Å²) in [5, 5.41) is 5.03. The van der Waals surface area contributed by atoms with E-state index in [1.165, 1.54) is 25.3 Å². The molecule has 2 aromatic rings. The monoisotopic (exact) mass is 366 g/mol. The van der Waals surface area contributed by atoms with Gasteiger partial charge in [-0.3, -0.25) is 4.79 Å². The number of rotatable bonds is 5. The maximum Gasteiger partial charge on any atom is 0.416 e. The van der Waals surface area contributed by atoms with Crippen molar-refractivity contribution in [2.24, 2.45) is 0 Å². The molecule has 2 rings (SSSR count). The van der Waals surface area contributed by atoms with Crippen LogP contribution in [0.15, 0.2) is 48.5 Å². The van der Waals surface area contributed by atoms with Crippen molar-refractivity contribution in [1.82, 2.24) is 10.6 Å². The van der Waals surface area contributed by atoms with Crippen LogP contribution in [0.25, 0.3) is 11.1 Å². The minimum atomic E-state index is -4.41. The van der Waals surface area contributed by atoms with Crippen LogP contribution in [0.1, 0.15) is 15.9 Å². The molecular formula is C18H17F3N2O3. The molecule has 0 saturated carbocycles. The van der Waals surface area contributed by atoms with Gasteiger partial charge >= 0.3 is 12.3 Å². The van der Waals surface area contributed by atoms with Crippen molar-refractivity contribution in [2.75, 3.05) is 20.2 Å². The van der Waals surface area contributed by atoms with Crippen molar-refractivity contribution >= 4 is 12.0 Å². The van der Waals surface area contributed by atoms with E-state index in [0.29, 0.717) is 16.7 Å². The minimum absolute atomic E-state index is 0.209. The maximum absolute atomic E-state index is 12.8. The molecule has 2 aromatic carbocycles. The molecule has 0 aliphatic carbocycles. The van der Waals surface area contributed by atoms with E-state index in [0.717, 1.165) is 12.1 Å². The third-order valence-corrected chi connectivity index (χ3v) is 3.54. The molecule has 8 heteroatoms. The molecule has 0 saturated heterocycles. The largest absolute Gasteiger partial charge is 0.453 e. The lowest BCUT2D eigenvalue weighted by molar-refractivity contribution is -0.137. The number of amides is 2. The molecule has 0 radical (unpaired) electrons. The molecule has 5 nitrogen and oxygen atoms in total. The van der Waals surface area contributed by atoms with Crippen molar-refractivity contribution < 1.29 is 27.5 Å². The summed E-state index contributed by atoms with van der Waals surface area (Å²) in [4.78, 5) is 22.9. The smallest absolute Gasteiger partial charge is 0.416 e. The van der Waals surface area contributed by atoms with Crippen LogP contribution in [0, 0.1) is 0 Å². The molecule has 26 heavy (non-hydrogen) atoms. The Bertz CT molecular complexity index is 774. The number of alkyl carbamates (subject to hydrolysis) is 1. The summed E-state index contributed by atoms with van der Waals surface area (Å²) < 4.78 is 42.8. The van der Waals surface area contributed by atoms with E-state index in [4.69, 9.17) is 0 Å². The second-order valence-electron chi connectivity index (χ2n) is 5.33. The minimum Gasteiger partial charge on any atom is -0.453 e. The van der Waals surface area contributed by atoms with Crippen LogP contribution in [-0.4, -0.2) is 32.2 Å².